The van der Waals surface area contributed by atoms with Crippen molar-refractivity contribution in [3.63, 3.8) is 0 Å². The van der Waals surface area contributed by atoms with Gasteiger partial charge in [-0.25, -0.2) is 4.79 Å². The fraction of sp³-hybridized carbons (Fsp3) is 0.333. The third-order valence-corrected chi connectivity index (χ3v) is 4.07. The Kier molecular flexibility index (Phi) is 7.30. The summed E-state index contributed by atoms with van der Waals surface area (Å²) in [5.41, 5.74) is 1.19. The predicted octanol–water partition coefficient (Wildman–Crippen LogP) is 2.41. The van der Waals surface area contributed by atoms with E-state index in [1.165, 1.54) is 23.8 Å². The summed E-state index contributed by atoms with van der Waals surface area (Å²) >= 11 is 0. The van der Waals surface area contributed by atoms with E-state index in [-0.39, 0.29) is 17.4 Å². The number of benzene rings is 1. The lowest BCUT2D eigenvalue weighted by molar-refractivity contribution is -0.119. The fourth-order valence-electron chi connectivity index (χ4n) is 2.53. The second-order valence-corrected chi connectivity index (χ2v) is 7.05. The molecule has 0 aliphatic heterocycles. The number of nitrogens with zero attached hydrogens (tertiary/aromatic N) is 1. The van der Waals surface area contributed by atoms with Crippen LogP contribution in [0.4, 0.5) is 5.69 Å². The van der Waals surface area contributed by atoms with Crippen LogP contribution in [0.2, 0.25) is 0 Å². The summed E-state index contributed by atoms with van der Waals surface area (Å²) in [6.07, 6.45) is 1.52. The first-order valence-corrected chi connectivity index (χ1v) is 9.20. The van der Waals surface area contributed by atoms with Crippen molar-refractivity contribution in [3.05, 3.63) is 53.3 Å². The maximum Gasteiger partial charge on any atom is 0.355 e. The Morgan fingerprint density at radius 1 is 1.14 bits per heavy atom. The van der Waals surface area contributed by atoms with Gasteiger partial charge in [-0.05, 0) is 31.0 Å². The van der Waals surface area contributed by atoms with Crippen molar-refractivity contribution in [3.8, 4) is 0 Å². The first-order chi connectivity index (χ1) is 13.7. The van der Waals surface area contributed by atoms with E-state index in [1.54, 1.807) is 31.3 Å². The van der Waals surface area contributed by atoms with E-state index in [2.05, 4.69) is 10.6 Å². The average molecular weight is 399 g/mol. The highest BCUT2D eigenvalue weighted by atomic mass is 16.5. The lowest BCUT2D eigenvalue weighted by Gasteiger charge is -2.12. The molecule has 1 aromatic heterocycles. The second kappa shape index (κ2) is 9.68. The molecule has 2 N–H and O–H groups in total. The number of rotatable bonds is 8. The van der Waals surface area contributed by atoms with Gasteiger partial charge in [0, 0.05) is 25.4 Å². The zero-order chi connectivity index (χ0) is 21.6. The van der Waals surface area contributed by atoms with Gasteiger partial charge in [0.2, 0.25) is 0 Å². The molecular weight excluding hydrogens is 374 g/mol. The highest BCUT2D eigenvalue weighted by Gasteiger charge is 2.18. The smallest absolute Gasteiger partial charge is 0.355 e. The van der Waals surface area contributed by atoms with Crippen molar-refractivity contribution in [1.82, 2.24) is 9.88 Å². The van der Waals surface area contributed by atoms with Crippen LogP contribution in [0, 0.1) is 5.92 Å². The lowest BCUT2D eigenvalue weighted by atomic mass is 10.1. The minimum absolute atomic E-state index is 0.163. The molecule has 0 bridgehead atoms. The van der Waals surface area contributed by atoms with Crippen molar-refractivity contribution in [1.29, 1.82) is 0 Å². The van der Waals surface area contributed by atoms with Gasteiger partial charge in [0.25, 0.3) is 11.8 Å². The van der Waals surface area contributed by atoms with Crippen LogP contribution in [-0.4, -0.2) is 41.3 Å². The van der Waals surface area contributed by atoms with Crippen LogP contribution in [-0.2, 0) is 16.6 Å². The minimum atomic E-state index is -0.724. The Morgan fingerprint density at radius 3 is 2.45 bits per heavy atom. The zero-order valence-corrected chi connectivity index (χ0v) is 16.9. The molecule has 1 aromatic carbocycles. The van der Waals surface area contributed by atoms with Gasteiger partial charge in [0.05, 0.1) is 11.3 Å². The van der Waals surface area contributed by atoms with Gasteiger partial charge in [-0.15, -0.1) is 0 Å². The highest BCUT2D eigenvalue weighted by Crippen LogP contribution is 2.15. The molecule has 0 radical (unpaired) electrons. The molecule has 154 valence electrons. The predicted molar refractivity (Wildman–Crippen MR) is 108 cm³/mol. The summed E-state index contributed by atoms with van der Waals surface area (Å²) in [7, 11) is 1.61. The highest BCUT2D eigenvalue weighted by molar-refractivity contribution is 6.04. The van der Waals surface area contributed by atoms with E-state index in [1.807, 2.05) is 13.8 Å². The van der Waals surface area contributed by atoms with Gasteiger partial charge in [-0.2, -0.15) is 0 Å². The fourth-order valence-corrected chi connectivity index (χ4v) is 2.53. The summed E-state index contributed by atoms with van der Waals surface area (Å²) in [6, 6.07) is 8.00. The number of hydrogen-bond donors (Lipinski definition) is 2. The Balaban J connectivity index is 1.98. The second-order valence-electron chi connectivity index (χ2n) is 7.05. The number of para-hydroxylation sites is 1. The summed E-state index contributed by atoms with van der Waals surface area (Å²) in [6.45, 7) is 5.34. The number of carbonyl (C=O) groups excluding carboxylic acids is 4. The molecule has 2 aromatic rings. The normalized spacial score (nSPS) is 10.5. The van der Waals surface area contributed by atoms with Gasteiger partial charge >= 0.3 is 5.97 Å². The third kappa shape index (κ3) is 6.03. The molecule has 29 heavy (non-hydrogen) atoms. The van der Waals surface area contributed by atoms with E-state index in [9.17, 15) is 19.2 Å². The van der Waals surface area contributed by atoms with Gasteiger partial charge in [0.15, 0.2) is 12.4 Å². The number of ether oxygens (including phenoxy) is 1. The first-order valence-electron chi connectivity index (χ1n) is 9.20. The van der Waals surface area contributed by atoms with Crippen molar-refractivity contribution >= 4 is 29.3 Å². The van der Waals surface area contributed by atoms with E-state index in [0.717, 1.165) is 0 Å². The Labute approximate surface area is 169 Å². The molecule has 0 atom stereocenters. The van der Waals surface area contributed by atoms with E-state index >= 15 is 0 Å². The quantitative estimate of drug-likeness (QED) is 0.524. The molecular formula is C21H25N3O5. The van der Waals surface area contributed by atoms with E-state index in [0.29, 0.717) is 29.3 Å². The number of hydrogen-bond acceptors (Lipinski definition) is 5. The van der Waals surface area contributed by atoms with Crippen LogP contribution >= 0.6 is 0 Å². The lowest BCUT2D eigenvalue weighted by Crippen LogP contribution is -2.29. The molecule has 0 aliphatic carbocycles. The zero-order valence-electron chi connectivity index (χ0n) is 16.9. The molecule has 0 saturated carbocycles. The summed E-state index contributed by atoms with van der Waals surface area (Å²) < 4.78 is 6.50. The Hall–Kier alpha value is -3.42. The summed E-state index contributed by atoms with van der Waals surface area (Å²) in [5.74, 6) is -1.49. The molecule has 0 spiro atoms. The molecule has 0 saturated heterocycles. The number of aryl methyl sites for hydroxylation is 1. The van der Waals surface area contributed by atoms with Crippen LogP contribution in [0.5, 0.6) is 0 Å². The largest absolute Gasteiger partial charge is 0.451 e. The van der Waals surface area contributed by atoms with Gasteiger partial charge in [-0.3, -0.25) is 14.4 Å². The summed E-state index contributed by atoms with van der Waals surface area (Å²) in [4.78, 5) is 48.1. The van der Waals surface area contributed by atoms with Crippen LogP contribution < -0.4 is 10.6 Å². The molecule has 8 nitrogen and oxygen atoms in total. The number of aromatic nitrogens is 1. The van der Waals surface area contributed by atoms with Crippen molar-refractivity contribution < 1.29 is 23.9 Å². The molecule has 0 fully saturated rings. The number of nitrogens with one attached hydrogen (secondary N) is 2. The van der Waals surface area contributed by atoms with Crippen LogP contribution in [0.3, 0.4) is 0 Å². The Morgan fingerprint density at radius 2 is 1.83 bits per heavy atom. The molecule has 1 heterocycles. The molecule has 0 aliphatic rings. The van der Waals surface area contributed by atoms with Gasteiger partial charge in [0.1, 0.15) is 5.69 Å². The molecule has 8 heteroatoms. The van der Waals surface area contributed by atoms with Crippen LogP contribution in [0.1, 0.15) is 52.0 Å². The van der Waals surface area contributed by atoms with Gasteiger partial charge in [-0.1, -0.05) is 26.0 Å². The number of amides is 2. The number of Topliss-reactive ketones (excluding diaryl/α,β-unsaturated/α-hetero) is 1. The third-order valence-electron chi connectivity index (χ3n) is 4.07. The standard InChI is InChI=1S/C21H25N3O5/c1-13(2)10-22-20(27)16-7-5-6-8-17(16)23-19(26)12-29-21(28)18-9-15(14(3)25)11-24(18)4/h5-9,11,13H,10,12H2,1-4H3,(H,22,27)(H,23,26). The van der Waals surface area contributed by atoms with E-state index < -0.39 is 18.5 Å². The van der Waals surface area contributed by atoms with Gasteiger partial charge < -0.3 is 19.9 Å². The van der Waals surface area contributed by atoms with Crippen LogP contribution in [0.15, 0.2) is 36.5 Å². The first kappa shape index (κ1) is 21.9. The topological polar surface area (TPSA) is 106 Å². The minimum Gasteiger partial charge on any atom is -0.451 e. The van der Waals surface area contributed by atoms with Crippen molar-refractivity contribution in [2.75, 3.05) is 18.5 Å². The maximum atomic E-state index is 12.3. The van der Waals surface area contributed by atoms with Crippen molar-refractivity contribution in [2.24, 2.45) is 13.0 Å². The molecule has 2 rings (SSSR count). The number of carbonyl (C=O) groups is 4. The number of anilines is 1. The average Bonchev–Trinajstić information content (AvgIpc) is 3.06. The maximum absolute atomic E-state index is 12.3. The SMILES string of the molecule is CC(=O)c1cc(C(=O)OCC(=O)Nc2ccccc2C(=O)NCC(C)C)n(C)c1. The number of esters is 1. The van der Waals surface area contributed by atoms with Crippen molar-refractivity contribution in [2.45, 2.75) is 20.8 Å². The molecule has 2 amide bonds. The summed E-state index contributed by atoms with van der Waals surface area (Å²) in [5, 5.41) is 5.38. The van der Waals surface area contributed by atoms with E-state index in [4.69, 9.17) is 4.74 Å². The monoisotopic (exact) mass is 399 g/mol. The molecule has 0 unspecified atom stereocenters. The number of ketones is 1. The Bertz CT molecular complexity index is 930. The van der Waals surface area contributed by atoms with Crippen LogP contribution in [0.25, 0.3) is 0 Å².